The molecule has 0 heterocycles. The van der Waals surface area contributed by atoms with Gasteiger partial charge in [0.05, 0.1) is 0 Å². The summed E-state index contributed by atoms with van der Waals surface area (Å²) in [4.78, 5) is 10.6. The van der Waals surface area contributed by atoms with Crippen molar-refractivity contribution < 1.29 is 14.6 Å². The Kier molecular flexibility index (Phi) is 3.04. The predicted octanol–water partition coefficient (Wildman–Crippen LogP) is 1.41. The van der Waals surface area contributed by atoms with E-state index >= 15 is 0 Å². The second-order valence-electron chi connectivity index (χ2n) is 4.87. The maximum absolute atomic E-state index is 10.6. The lowest BCUT2D eigenvalue weighted by molar-refractivity contribution is -0.0487. The van der Waals surface area contributed by atoms with Gasteiger partial charge in [0.15, 0.2) is 0 Å². The Balaban J connectivity index is 2.52. The van der Waals surface area contributed by atoms with Crippen LogP contribution in [0.1, 0.15) is 39.5 Å². The van der Waals surface area contributed by atoms with Crippen molar-refractivity contribution in [3.05, 3.63) is 0 Å². The minimum absolute atomic E-state index is 0.0427. The number of aliphatic hydroxyl groups is 1. The summed E-state index contributed by atoms with van der Waals surface area (Å²) < 4.78 is 5.00. The van der Waals surface area contributed by atoms with Crippen molar-refractivity contribution in [3.63, 3.8) is 0 Å². The van der Waals surface area contributed by atoms with E-state index in [1.165, 1.54) is 0 Å². The summed E-state index contributed by atoms with van der Waals surface area (Å²) in [5, 5.41) is 9.26. The molecule has 0 unspecified atom stereocenters. The number of carbonyl (C=O) groups excluding carboxylic acids is 1. The van der Waals surface area contributed by atoms with Crippen molar-refractivity contribution in [1.29, 1.82) is 0 Å². The van der Waals surface area contributed by atoms with Crippen LogP contribution in [0.3, 0.4) is 0 Å². The van der Waals surface area contributed by atoms with Crippen LogP contribution >= 0.6 is 0 Å². The number of hydrogen-bond donors (Lipinski definition) is 2. The summed E-state index contributed by atoms with van der Waals surface area (Å²) >= 11 is 0. The molecule has 14 heavy (non-hydrogen) atoms. The van der Waals surface area contributed by atoms with E-state index in [-0.39, 0.29) is 12.0 Å². The van der Waals surface area contributed by atoms with E-state index < -0.39 is 11.7 Å². The largest absolute Gasteiger partial charge is 0.444 e. The molecule has 3 N–H and O–H groups in total. The van der Waals surface area contributed by atoms with E-state index in [0.29, 0.717) is 6.42 Å². The molecule has 0 aromatic rings. The average Bonchev–Trinajstić information content (AvgIpc) is 1.94. The molecule has 1 aliphatic carbocycles. The Labute approximate surface area is 84.4 Å². The third-order valence-corrected chi connectivity index (χ3v) is 2.93. The maximum atomic E-state index is 10.6. The van der Waals surface area contributed by atoms with Gasteiger partial charge in [-0.15, -0.1) is 0 Å². The predicted molar refractivity (Wildman–Crippen MR) is 52.7 cm³/mol. The van der Waals surface area contributed by atoms with Crippen LogP contribution in [-0.2, 0) is 4.74 Å². The van der Waals surface area contributed by atoms with Crippen LogP contribution in [0, 0.1) is 5.41 Å². The molecule has 4 nitrogen and oxygen atoms in total. The first kappa shape index (κ1) is 11.3. The van der Waals surface area contributed by atoms with Gasteiger partial charge in [0.2, 0.25) is 0 Å². The monoisotopic (exact) mass is 201 g/mol. The zero-order chi connectivity index (χ0) is 10.8. The number of nitrogens with two attached hydrogens (primary N) is 1. The first-order chi connectivity index (χ1) is 6.39. The second kappa shape index (κ2) is 3.77. The minimum Gasteiger partial charge on any atom is -0.444 e. The zero-order valence-electron chi connectivity index (χ0n) is 8.88. The van der Waals surface area contributed by atoms with Gasteiger partial charge < -0.3 is 15.6 Å². The Morgan fingerprint density at radius 2 is 2.14 bits per heavy atom. The van der Waals surface area contributed by atoms with Crippen molar-refractivity contribution in [2.45, 2.75) is 45.1 Å². The Morgan fingerprint density at radius 3 is 2.43 bits per heavy atom. The number of ether oxygens (including phenoxy) is 1. The summed E-state index contributed by atoms with van der Waals surface area (Å²) in [5.74, 6) is 0. The fraction of sp³-hybridized carbons (Fsp3) is 0.900. The molecule has 82 valence electrons. The molecule has 0 aliphatic heterocycles. The van der Waals surface area contributed by atoms with Gasteiger partial charge in [0.1, 0.15) is 5.60 Å². The van der Waals surface area contributed by atoms with Crippen LogP contribution in [0.5, 0.6) is 0 Å². The molecule has 0 radical (unpaired) electrons. The fourth-order valence-electron chi connectivity index (χ4n) is 2.28. The molecule has 4 heteroatoms. The number of primary amides is 1. The molecule has 1 aliphatic rings. The molecular formula is C10H19NO3. The fourth-order valence-corrected chi connectivity index (χ4v) is 2.28. The van der Waals surface area contributed by atoms with Crippen LogP contribution in [0.15, 0.2) is 0 Å². The molecule has 0 aromatic heterocycles. The zero-order valence-corrected chi connectivity index (χ0v) is 8.88. The summed E-state index contributed by atoms with van der Waals surface area (Å²) in [6.45, 7) is 3.82. The van der Waals surface area contributed by atoms with Gasteiger partial charge in [-0.3, -0.25) is 0 Å². The molecule has 0 bridgehead atoms. The number of hydrogen-bond acceptors (Lipinski definition) is 3. The molecule has 0 aromatic carbocycles. The highest BCUT2D eigenvalue weighted by molar-refractivity contribution is 5.65. The number of carbonyl (C=O) groups is 1. The molecule has 0 atom stereocenters. The number of rotatable bonds is 4. The van der Waals surface area contributed by atoms with Crippen molar-refractivity contribution in [1.82, 2.24) is 0 Å². The third kappa shape index (κ3) is 2.61. The standard InChI is InChI=1S/C10H19NO3/c1-9(2,14-8(11)13)6-10(7-12)4-3-5-10/h12H,3-7H2,1-2H3,(H2,11,13). The van der Waals surface area contributed by atoms with Gasteiger partial charge >= 0.3 is 6.09 Å². The highest BCUT2D eigenvalue weighted by Crippen LogP contribution is 2.46. The summed E-state index contributed by atoms with van der Waals surface area (Å²) in [5.41, 5.74) is 4.36. The molecule has 1 amide bonds. The molecular weight excluding hydrogens is 182 g/mol. The quantitative estimate of drug-likeness (QED) is 0.722. The maximum Gasteiger partial charge on any atom is 0.405 e. The van der Waals surface area contributed by atoms with Crippen LogP contribution in [0.2, 0.25) is 0 Å². The topological polar surface area (TPSA) is 72.6 Å². The average molecular weight is 201 g/mol. The van der Waals surface area contributed by atoms with Crippen LogP contribution < -0.4 is 5.73 Å². The van der Waals surface area contributed by atoms with Crippen molar-refractivity contribution >= 4 is 6.09 Å². The lowest BCUT2D eigenvalue weighted by Crippen LogP contribution is -2.43. The van der Waals surface area contributed by atoms with E-state index in [4.69, 9.17) is 10.5 Å². The van der Waals surface area contributed by atoms with E-state index in [0.717, 1.165) is 19.3 Å². The van der Waals surface area contributed by atoms with E-state index in [1.807, 2.05) is 13.8 Å². The normalized spacial score (nSPS) is 19.9. The van der Waals surface area contributed by atoms with Crippen LogP contribution in [0.4, 0.5) is 4.79 Å². The first-order valence-corrected chi connectivity index (χ1v) is 4.99. The van der Waals surface area contributed by atoms with Crippen molar-refractivity contribution in [3.8, 4) is 0 Å². The lowest BCUT2D eigenvalue weighted by Gasteiger charge is -2.44. The lowest BCUT2D eigenvalue weighted by atomic mass is 9.64. The molecule has 1 saturated carbocycles. The first-order valence-electron chi connectivity index (χ1n) is 4.99. The minimum atomic E-state index is -0.748. The second-order valence-corrected chi connectivity index (χ2v) is 4.87. The summed E-state index contributed by atoms with van der Waals surface area (Å²) in [6.07, 6.45) is 3.10. The molecule has 0 spiro atoms. The van der Waals surface area contributed by atoms with Crippen LogP contribution in [-0.4, -0.2) is 23.4 Å². The van der Waals surface area contributed by atoms with Gasteiger partial charge in [-0.1, -0.05) is 6.42 Å². The third-order valence-electron chi connectivity index (χ3n) is 2.93. The Morgan fingerprint density at radius 1 is 1.57 bits per heavy atom. The SMILES string of the molecule is CC(C)(CC1(CO)CCC1)OC(N)=O. The van der Waals surface area contributed by atoms with Gasteiger partial charge in [-0.05, 0) is 38.5 Å². The van der Waals surface area contributed by atoms with E-state index in [1.54, 1.807) is 0 Å². The number of aliphatic hydroxyl groups excluding tert-OH is 1. The van der Waals surface area contributed by atoms with E-state index in [2.05, 4.69) is 0 Å². The van der Waals surface area contributed by atoms with Gasteiger partial charge in [-0.2, -0.15) is 0 Å². The van der Waals surface area contributed by atoms with Gasteiger partial charge in [0.25, 0.3) is 0 Å². The van der Waals surface area contributed by atoms with Crippen molar-refractivity contribution in [2.24, 2.45) is 11.1 Å². The summed E-state index contributed by atoms with van der Waals surface area (Å²) in [7, 11) is 0. The van der Waals surface area contributed by atoms with Crippen LogP contribution in [0.25, 0.3) is 0 Å². The summed E-state index contributed by atoms with van der Waals surface area (Å²) in [6, 6.07) is 0. The highest BCUT2D eigenvalue weighted by atomic mass is 16.6. The smallest absolute Gasteiger partial charge is 0.405 e. The Hall–Kier alpha value is -0.770. The number of amides is 1. The Bertz CT molecular complexity index is 216. The van der Waals surface area contributed by atoms with Crippen molar-refractivity contribution in [2.75, 3.05) is 6.61 Å². The molecule has 1 rings (SSSR count). The van der Waals surface area contributed by atoms with Gasteiger partial charge in [-0.25, -0.2) is 4.79 Å². The highest BCUT2D eigenvalue weighted by Gasteiger charge is 2.42. The molecule has 0 saturated heterocycles. The molecule has 1 fully saturated rings. The van der Waals surface area contributed by atoms with E-state index in [9.17, 15) is 9.90 Å². The van der Waals surface area contributed by atoms with Gasteiger partial charge in [0, 0.05) is 6.61 Å².